The maximum Gasteiger partial charge on any atom is 0.225 e. The van der Waals surface area contributed by atoms with Crippen molar-refractivity contribution in [1.29, 1.82) is 0 Å². The Bertz CT molecular complexity index is 575. The van der Waals surface area contributed by atoms with Crippen molar-refractivity contribution in [1.82, 2.24) is 9.97 Å². The zero-order valence-corrected chi connectivity index (χ0v) is 11.7. The van der Waals surface area contributed by atoms with Crippen molar-refractivity contribution in [3.8, 4) is 5.88 Å². The van der Waals surface area contributed by atoms with Gasteiger partial charge >= 0.3 is 0 Å². The first-order chi connectivity index (χ1) is 9.69. The van der Waals surface area contributed by atoms with Crippen LogP contribution in [0.2, 0.25) is 0 Å². The number of nitrogens with one attached hydrogen (secondary N) is 1. The summed E-state index contributed by atoms with van der Waals surface area (Å²) >= 11 is 0. The van der Waals surface area contributed by atoms with Gasteiger partial charge in [0.1, 0.15) is 5.82 Å². The summed E-state index contributed by atoms with van der Waals surface area (Å²) in [6.45, 7) is 5.07. The van der Waals surface area contributed by atoms with E-state index in [-0.39, 0.29) is 5.82 Å². The molecule has 1 N–H and O–H groups in total. The van der Waals surface area contributed by atoms with Crippen molar-refractivity contribution in [3.05, 3.63) is 47.4 Å². The molecular weight excluding hydrogens is 257 g/mol. The third-order valence-electron chi connectivity index (χ3n) is 2.90. The Morgan fingerprint density at radius 1 is 1.30 bits per heavy atom. The predicted octanol–water partition coefficient (Wildman–Crippen LogP) is 2.98. The van der Waals surface area contributed by atoms with E-state index in [0.29, 0.717) is 25.0 Å². The smallest absolute Gasteiger partial charge is 0.225 e. The fraction of sp³-hybridized carbons (Fsp3) is 0.333. The molecule has 20 heavy (non-hydrogen) atoms. The molecule has 0 bridgehead atoms. The molecule has 2 rings (SSSR count). The number of halogens is 1. The normalized spacial score (nSPS) is 10.3. The van der Waals surface area contributed by atoms with Crippen molar-refractivity contribution in [2.24, 2.45) is 0 Å². The highest BCUT2D eigenvalue weighted by Gasteiger charge is 2.02. The first-order valence-corrected chi connectivity index (χ1v) is 6.64. The van der Waals surface area contributed by atoms with Gasteiger partial charge in [-0.25, -0.2) is 9.37 Å². The molecule has 1 aromatic heterocycles. The molecule has 0 saturated heterocycles. The van der Waals surface area contributed by atoms with Crippen molar-refractivity contribution in [2.45, 2.75) is 20.3 Å². The average Bonchev–Trinajstić information content (AvgIpc) is 2.42. The Morgan fingerprint density at radius 2 is 2.15 bits per heavy atom. The Balaban J connectivity index is 1.90. The largest absolute Gasteiger partial charge is 0.478 e. The summed E-state index contributed by atoms with van der Waals surface area (Å²) in [6, 6.07) is 6.55. The number of aromatic nitrogens is 2. The minimum absolute atomic E-state index is 0.202. The van der Waals surface area contributed by atoms with Crippen LogP contribution < -0.4 is 10.1 Å². The van der Waals surface area contributed by atoms with Crippen LogP contribution in [-0.2, 0) is 6.42 Å². The second kappa shape index (κ2) is 6.84. The van der Waals surface area contributed by atoms with Gasteiger partial charge in [0.2, 0.25) is 11.8 Å². The lowest BCUT2D eigenvalue weighted by Gasteiger charge is -2.08. The summed E-state index contributed by atoms with van der Waals surface area (Å²) in [5.74, 6) is 0.894. The number of hydrogen-bond acceptors (Lipinski definition) is 4. The lowest BCUT2D eigenvalue weighted by atomic mass is 10.1. The van der Waals surface area contributed by atoms with E-state index in [1.165, 1.54) is 6.07 Å². The fourth-order valence-electron chi connectivity index (χ4n) is 1.90. The van der Waals surface area contributed by atoms with Crippen molar-refractivity contribution in [2.75, 3.05) is 18.5 Å². The van der Waals surface area contributed by atoms with Crippen molar-refractivity contribution in [3.63, 3.8) is 0 Å². The number of benzene rings is 1. The van der Waals surface area contributed by atoms with Gasteiger partial charge in [-0.3, -0.25) is 0 Å². The van der Waals surface area contributed by atoms with Crippen LogP contribution in [0.4, 0.5) is 10.3 Å². The van der Waals surface area contributed by atoms with Crippen molar-refractivity contribution >= 4 is 5.95 Å². The first kappa shape index (κ1) is 14.2. The molecule has 0 radical (unpaired) electrons. The van der Waals surface area contributed by atoms with E-state index in [1.807, 2.05) is 19.9 Å². The fourth-order valence-corrected chi connectivity index (χ4v) is 1.90. The highest BCUT2D eigenvalue weighted by molar-refractivity contribution is 5.30. The molecule has 0 aliphatic rings. The molecule has 1 aromatic carbocycles. The molecule has 0 aliphatic heterocycles. The molecule has 0 unspecified atom stereocenters. The van der Waals surface area contributed by atoms with Gasteiger partial charge in [0.15, 0.2) is 0 Å². The topological polar surface area (TPSA) is 47.0 Å². The predicted molar refractivity (Wildman–Crippen MR) is 76.5 cm³/mol. The van der Waals surface area contributed by atoms with E-state index < -0.39 is 0 Å². The quantitative estimate of drug-likeness (QED) is 0.880. The lowest BCUT2D eigenvalue weighted by molar-refractivity contribution is 0.326. The van der Waals surface area contributed by atoms with E-state index in [0.717, 1.165) is 17.5 Å². The van der Waals surface area contributed by atoms with Gasteiger partial charge in [-0.1, -0.05) is 6.07 Å². The molecule has 0 amide bonds. The molecule has 4 nitrogen and oxygen atoms in total. The van der Waals surface area contributed by atoms with Gasteiger partial charge in [-0.15, -0.1) is 0 Å². The van der Waals surface area contributed by atoms with Crippen LogP contribution in [-0.4, -0.2) is 23.1 Å². The van der Waals surface area contributed by atoms with Crippen LogP contribution >= 0.6 is 0 Å². The maximum atomic E-state index is 13.0. The molecular formula is C15H18FN3O. The number of aryl methyl sites for hydroxylation is 1. The number of rotatable bonds is 6. The summed E-state index contributed by atoms with van der Waals surface area (Å²) in [4.78, 5) is 8.35. The zero-order chi connectivity index (χ0) is 14.4. The number of ether oxygens (including phenoxy) is 1. The molecule has 0 aliphatic carbocycles. The molecule has 1 heterocycles. The summed E-state index contributed by atoms with van der Waals surface area (Å²) < 4.78 is 18.3. The van der Waals surface area contributed by atoms with Gasteiger partial charge in [0, 0.05) is 18.8 Å². The maximum absolute atomic E-state index is 13.0. The molecule has 5 heteroatoms. The standard InChI is InChI=1S/C15H18FN3O/c1-3-20-14-7-9-18-15(19-14)17-8-6-12-4-5-13(16)10-11(12)2/h4-5,7,9-10H,3,6,8H2,1-2H3,(H,17,18,19). The zero-order valence-electron chi connectivity index (χ0n) is 11.7. The van der Waals surface area contributed by atoms with E-state index in [9.17, 15) is 4.39 Å². The van der Waals surface area contributed by atoms with Gasteiger partial charge in [-0.05, 0) is 43.5 Å². The van der Waals surface area contributed by atoms with Gasteiger partial charge < -0.3 is 10.1 Å². The van der Waals surface area contributed by atoms with Crippen LogP contribution in [0.15, 0.2) is 30.5 Å². The average molecular weight is 275 g/mol. The van der Waals surface area contributed by atoms with Gasteiger partial charge in [-0.2, -0.15) is 4.98 Å². The number of nitrogens with zero attached hydrogens (tertiary/aromatic N) is 2. The monoisotopic (exact) mass is 275 g/mol. The summed E-state index contributed by atoms with van der Waals surface area (Å²) in [5, 5.41) is 3.14. The van der Waals surface area contributed by atoms with E-state index >= 15 is 0 Å². The van der Waals surface area contributed by atoms with Crippen LogP contribution in [0.1, 0.15) is 18.1 Å². The van der Waals surface area contributed by atoms with Crippen LogP contribution in [0, 0.1) is 12.7 Å². The van der Waals surface area contributed by atoms with Gasteiger partial charge in [0.25, 0.3) is 0 Å². The molecule has 0 spiro atoms. The Kier molecular flexibility index (Phi) is 4.87. The minimum atomic E-state index is -0.202. The molecule has 2 aromatic rings. The second-order valence-electron chi connectivity index (χ2n) is 4.40. The summed E-state index contributed by atoms with van der Waals surface area (Å²) in [7, 11) is 0. The number of hydrogen-bond donors (Lipinski definition) is 1. The van der Waals surface area contributed by atoms with Crippen LogP contribution in [0.25, 0.3) is 0 Å². The van der Waals surface area contributed by atoms with E-state index in [4.69, 9.17) is 4.74 Å². The lowest BCUT2D eigenvalue weighted by Crippen LogP contribution is -2.09. The summed E-state index contributed by atoms with van der Waals surface area (Å²) in [5.41, 5.74) is 2.07. The Hall–Kier alpha value is -2.17. The SMILES string of the molecule is CCOc1ccnc(NCCc2ccc(F)cc2C)n1. The third-order valence-corrected chi connectivity index (χ3v) is 2.90. The first-order valence-electron chi connectivity index (χ1n) is 6.64. The van der Waals surface area contributed by atoms with Gasteiger partial charge in [0.05, 0.1) is 6.61 Å². The molecule has 106 valence electrons. The van der Waals surface area contributed by atoms with Crippen LogP contribution in [0.3, 0.4) is 0 Å². The van der Waals surface area contributed by atoms with E-state index in [2.05, 4.69) is 15.3 Å². The van der Waals surface area contributed by atoms with Crippen LogP contribution in [0.5, 0.6) is 5.88 Å². The second-order valence-corrected chi connectivity index (χ2v) is 4.40. The minimum Gasteiger partial charge on any atom is -0.478 e. The highest BCUT2D eigenvalue weighted by atomic mass is 19.1. The Morgan fingerprint density at radius 3 is 2.90 bits per heavy atom. The van der Waals surface area contributed by atoms with Crippen molar-refractivity contribution < 1.29 is 9.13 Å². The molecule has 0 atom stereocenters. The highest BCUT2D eigenvalue weighted by Crippen LogP contribution is 2.12. The third kappa shape index (κ3) is 3.91. The number of anilines is 1. The van der Waals surface area contributed by atoms with E-state index in [1.54, 1.807) is 18.3 Å². The Labute approximate surface area is 118 Å². The summed E-state index contributed by atoms with van der Waals surface area (Å²) in [6.07, 6.45) is 2.44. The molecule has 0 fully saturated rings. The molecule has 0 saturated carbocycles.